The number of aromatic amines is 1. The van der Waals surface area contributed by atoms with E-state index in [0.29, 0.717) is 25.8 Å². The molecule has 7 heteroatoms. The summed E-state index contributed by atoms with van der Waals surface area (Å²) in [6.07, 6.45) is 8.32. The zero-order valence-corrected chi connectivity index (χ0v) is 24.0. The topological polar surface area (TPSA) is 94.3 Å². The van der Waals surface area contributed by atoms with Gasteiger partial charge < -0.3 is 20.4 Å². The predicted molar refractivity (Wildman–Crippen MR) is 161 cm³/mol. The van der Waals surface area contributed by atoms with Crippen LogP contribution in [-0.4, -0.2) is 59.7 Å². The molecule has 40 heavy (non-hydrogen) atoms. The average Bonchev–Trinajstić information content (AvgIpc) is 3.18. The number of likely N-dealkylation sites (tertiary alicyclic amines) is 1. The van der Waals surface area contributed by atoms with Gasteiger partial charge in [-0.3, -0.25) is 14.5 Å². The number of nitrogens with zero attached hydrogens (tertiary/aromatic N) is 1. The molecule has 1 saturated heterocycles. The number of rotatable bonds is 13. The van der Waals surface area contributed by atoms with Crippen molar-refractivity contribution in [3.05, 3.63) is 60.2 Å². The minimum atomic E-state index is -0.585. The molecular weight excluding hydrogens is 500 g/mol. The van der Waals surface area contributed by atoms with Crippen molar-refractivity contribution in [3.63, 3.8) is 0 Å². The summed E-state index contributed by atoms with van der Waals surface area (Å²) < 4.78 is 0. The maximum atomic E-state index is 13.4. The zero-order valence-electron chi connectivity index (χ0n) is 24.0. The summed E-state index contributed by atoms with van der Waals surface area (Å²) in [7, 11) is 2.00. The number of unbranched alkanes of at least 4 members (excludes halogenated alkanes) is 2. The number of fused-ring (bicyclic) bond motifs is 1. The van der Waals surface area contributed by atoms with Gasteiger partial charge in [-0.1, -0.05) is 74.2 Å². The summed E-state index contributed by atoms with van der Waals surface area (Å²) in [6.45, 7) is 2.98. The Morgan fingerprint density at radius 2 is 1.75 bits per heavy atom. The molecule has 3 N–H and O–H groups in total. The molecule has 2 aromatic carbocycles. The smallest absolute Gasteiger partial charge is 0.242 e. The van der Waals surface area contributed by atoms with Gasteiger partial charge in [0.15, 0.2) is 0 Å². The highest BCUT2D eigenvalue weighted by Crippen LogP contribution is 2.30. The summed E-state index contributed by atoms with van der Waals surface area (Å²) >= 11 is 0. The maximum Gasteiger partial charge on any atom is 0.242 e. The van der Waals surface area contributed by atoms with Gasteiger partial charge in [0.25, 0.3) is 0 Å². The number of hydrogen-bond acceptors (Lipinski definition) is 4. The van der Waals surface area contributed by atoms with Crippen molar-refractivity contribution < 1.29 is 14.4 Å². The Hall–Kier alpha value is -3.45. The van der Waals surface area contributed by atoms with Crippen LogP contribution in [0.2, 0.25) is 0 Å². The fraction of sp³-hybridized carbons (Fsp3) is 0.485. The second kappa shape index (κ2) is 14.8. The molecule has 0 aliphatic carbocycles. The number of benzene rings is 2. The minimum Gasteiger partial charge on any atom is -0.354 e. The first-order valence-corrected chi connectivity index (χ1v) is 14.9. The highest BCUT2D eigenvalue weighted by Gasteiger charge is 2.28. The number of nitrogens with one attached hydrogen (secondary N) is 3. The van der Waals surface area contributed by atoms with Crippen molar-refractivity contribution in [1.29, 1.82) is 0 Å². The van der Waals surface area contributed by atoms with Crippen molar-refractivity contribution in [2.75, 3.05) is 20.1 Å². The molecule has 0 spiro atoms. The Bertz CT molecular complexity index is 1270. The van der Waals surface area contributed by atoms with Gasteiger partial charge in [-0.05, 0) is 69.8 Å². The molecule has 214 valence electrons. The fourth-order valence-electron chi connectivity index (χ4n) is 5.76. The number of likely N-dealkylation sites (N-methyl/N-ethyl adjacent to an activating group) is 1. The molecule has 4 rings (SSSR count). The lowest BCUT2D eigenvalue weighted by atomic mass is 10.0. The molecule has 0 saturated carbocycles. The van der Waals surface area contributed by atoms with E-state index in [4.69, 9.17) is 0 Å². The molecule has 7 nitrogen and oxygen atoms in total. The summed E-state index contributed by atoms with van der Waals surface area (Å²) in [5, 5.41) is 7.36. The fourth-order valence-corrected chi connectivity index (χ4v) is 5.76. The molecular formula is C33H44N4O3. The summed E-state index contributed by atoms with van der Waals surface area (Å²) in [6, 6.07) is 17.7. The Labute approximate surface area is 238 Å². The third-order valence-electron chi connectivity index (χ3n) is 8.03. The van der Waals surface area contributed by atoms with Crippen LogP contribution in [0.5, 0.6) is 0 Å². The van der Waals surface area contributed by atoms with E-state index in [-0.39, 0.29) is 23.6 Å². The average molecular weight is 545 g/mol. The van der Waals surface area contributed by atoms with Crippen LogP contribution in [0.4, 0.5) is 0 Å². The summed E-state index contributed by atoms with van der Waals surface area (Å²) in [5.41, 5.74) is 4.43. The van der Waals surface area contributed by atoms with Crippen LogP contribution in [-0.2, 0) is 20.8 Å². The molecule has 1 aromatic heterocycles. The first-order chi connectivity index (χ1) is 19.4. The standard InChI is InChI=1S/C33H44N4O3/c1-24(38)14-6-3-9-19-29(36-33(40)30-20-10-5-13-23-37(30)2)32(39)34-22-21-27-26-17-11-12-18-28(26)35-31(27)25-15-7-4-8-16-25/h4,7-8,11-12,15-18,29-30,35H,3,5-6,9-10,13-14,19-23H2,1-2H3,(H,34,39)(H,36,40)/t29-,30?/m0/s1. The lowest BCUT2D eigenvalue weighted by Crippen LogP contribution is -2.53. The molecule has 2 amide bonds. The Balaban J connectivity index is 1.42. The van der Waals surface area contributed by atoms with Crippen LogP contribution in [0.25, 0.3) is 22.2 Å². The molecule has 1 aliphatic heterocycles. The van der Waals surface area contributed by atoms with Crippen LogP contribution in [0.15, 0.2) is 54.6 Å². The van der Waals surface area contributed by atoms with E-state index in [2.05, 4.69) is 44.8 Å². The Morgan fingerprint density at radius 3 is 2.55 bits per heavy atom. The van der Waals surface area contributed by atoms with Crippen LogP contribution >= 0.6 is 0 Å². The van der Waals surface area contributed by atoms with Crippen LogP contribution in [0, 0.1) is 0 Å². The van der Waals surface area contributed by atoms with Gasteiger partial charge in [0.2, 0.25) is 11.8 Å². The van der Waals surface area contributed by atoms with Crippen molar-refractivity contribution in [2.24, 2.45) is 0 Å². The van der Waals surface area contributed by atoms with E-state index in [1.165, 1.54) is 5.56 Å². The van der Waals surface area contributed by atoms with Gasteiger partial charge in [-0.2, -0.15) is 0 Å². The predicted octanol–water partition coefficient (Wildman–Crippen LogP) is 5.39. The van der Waals surface area contributed by atoms with Crippen molar-refractivity contribution in [3.8, 4) is 11.3 Å². The third kappa shape index (κ3) is 8.04. The summed E-state index contributed by atoms with van der Waals surface area (Å²) in [4.78, 5) is 43.7. The molecule has 1 fully saturated rings. The second-order valence-corrected chi connectivity index (χ2v) is 11.1. The number of hydrogen-bond donors (Lipinski definition) is 3. The van der Waals surface area contributed by atoms with Gasteiger partial charge in [-0.15, -0.1) is 0 Å². The van der Waals surface area contributed by atoms with Gasteiger partial charge in [0.1, 0.15) is 11.8 Å². The zero-order chi connectivity index (χ0) is 28.3. The number of aromatic nitrogens is 1. The SMILES string of the molecule is CC(=O)CCCCC[C@H](NC(=O)C1CCCCCN1C)C(=O)NCCc1c(-c2ccccc2)[nH]c2ccccc12. The van der Waals surface area contributed by atoms with Crippen LogP contribution in [0.3, 0.4) is 0 Å². The van der Waals surface area contributed by atoms with Crippen molar-refractivity contribution in [1.82, 2.24) is 20.5 Å². The van der Waals surface area contributed by atoms with Gasteiger partial charge in [0.05, 0.1) is 6.04 Å². The minimum absolute atomic E-state index is 0.0590. The van der Waals surface area contributed by atoms with Gasteiger partial charge >= 0.3 is 0 Å². The highest BCUT2D eigenvalue weighted by molar-refractivity contribution is 5.91. The van der Waals surface area contributed by atoms with Crippen LogP contribution in [0.1, 0.15) is 70.3 Å². The van der Waals surface area contributed by atoms with Crippen molar-refractivity contribution >= 4 is 28.5 Å². The molecule has 2 atom stereocenters. The van der Waals surface area contributed by atoms with Crippen LogP contribution < -0.4 is 10.6 Å². The Morgan fingerprint density at radius 1 is 0.975 bits per heavy atom. The number of Topliss-reactive ketones (excluding diaryl/α,β-unsaturated/α-hetero) is 1. The highest BCUT2D eigenvalue weighted by atomic mass is 16.2. The van der Waals surface area contributed by atoms with Gasteiger partial charge in [0, 0.05) is 29.6 Å². The number of ketones is 1. The monoisotopic (exact) mass is 544 g/mol. The van der Waals surface area contributed by atoms with E-state index in [1.54, 1.807) is 6.92 Å². The molecule has 1 unspecified atom stereocenters. The second-order valence-electron chi connectivity index (χ2n) is 11.1. The largest absolute Gasteiger partial charge is 0.354 e. The van der Waals surface area contributed by atoms with E-state index in [1.807, 2.05) is 37.4 Å². The maximum absolute atomic E-state index is 13.4. The molecule has 2 heterocycles. The van der Waals surface area contributed by atoms with E-state index in [9.17, 15) is 14.4 Å². The molecule has 1 aliphatic rings. The number of H-pyrrole nitrogens is 1. The summed E-state index contributed by atoms with van der Waals surface area (Å²) in [5.74, 6) is -0.0141. The first-order valence-electron chi connectivity index (χ1n) is 14.9. The number of carbonyl (C=O) groups is 3. The Kier molecular flexibility index (Phi) is 10.9. The lowest BCUT2D eigenvalue weighted by molar-refractivity contribution is -0.132. The van der Waals surface area contributed by atoms with E-state index >= 15 is 0 Å². The number of carbonyl (C=O) groups excluding carboxylic acids is 3. The van der Waals surface area contributed by atoms with E-state index < -0.39 is 6.04 Å². The molecule has 0 radical (unpaired) electrons. The molecule has 0 bridgehead atoms. The quantitative estimate of drug-likeness (QED) is 0.252. The van der Waals surface area contributed by atoms with E-state index in [0.717, 1.165) is 73.7 Å². The lowest BCUT2D eigenvalue weighted by Gasteiger charge is -2.27. The number of para-hydroxylation sites is 1. The van der Waals surface area contributed by atoms with Gasteiger partial charge in [-0.25, -0.2) is 0 Å². The third-order valence-corrected chi connectivity index (χ3v) is 8.03. The normalized spacial score (nSPS) is 16.8. The first kappa shape index (κ1) is 29.5. The van der Waals surface area contributed by atoms with Crippen molar-refractivity contribution in [2.45, 2.75) is 83.2 Å². The number of amides is 2. The molecule has 3 aromatic rings.